The Kier molecular flexibility index (Phi) is 5.71. The number of carbonyl (C=O) groups excluding carboxylic acids is 2. The lowest BCUT2D eigenvalue weighted by Crippen LogP contribution is -2.49. The molecule has 0 radical (unpaired) electrons. The maximum atomic E-state index is 11.7. The minimum Gasteiger partial charge on any atom is -0.481 e. The van der Waals surface area contributed by atoms with Crippen LogP contribution in [0.25, 0.3) is 0 Å². The van der Waals surface area contributed by atoms with Crippen molar-refractivity contribution in [2.24, 2.45) is 0 Å². The zero-order valence-corrected chi connectivity index (χ0v) is 12.0. The van der Waals surface area contributed by atoms with Crippen LogP contribution in [0.2, 0.25) is 0 Å². The number of rotatable bonds is 6. The van der Waals surface area contributed by atoms with E-state index in [1.165, 1.54) is 0 Å². The molecule has 0 saturated heterocycles. The van der Waals surface area contributed by atoms with Gasteiger partial charge in [0.25, 0.3) is 0 Å². The van der Waals surface area contributed by atoms with Gasteiger partial charge < -0.3 is 21.1 Å². The molecule has 1 aromatic rings. The van der Waals surface area contributed by atoms with Gasteiger partial charge in [-0.05, 0) is 26.0 Å². The fraction of sp³-hybridized carbons (Fsp3) is 0.357. The van der Waals surface area contributed by atoms with Crippen LogP contribution < -0.4 is 16.0 Å². The van der Waals surface area contributed by atoms with Crippen molar-refractivity contribution in [1.29, 1.82) is 0 Å². The van der Waals surface area contributed by atoms with Crippen LogP contribution in [0.1, 0.15) is 20.3 Å². The predicted molar refractivity (Wildman–Crippen MR) is 77.9 cm³/mol. The summed E-state index contributed by atoms with van der Waals surface area (Å²) in [7, 11) is 0. The number of amides is 3. The quantitative estimate of drug-likeness (QED) is 0.631. The molecule has 0 fully saturated rings. The molecule has 21 heavy (non-hydrogen) atoms. The van der Waals surface area contributed by atoms with Gasteiger partial charge in [-0.15, -0.1) is 0 Å². The van der Waals surface area contributed by atoms with Crippen LogP contribution in [0.4, 0.5) is 10.5 Å². The Bertz CT molecular complexity index is 514. The first-order valence-corrected chi connectivity index (χ1v) is 6.41. The Labute approximate surface area is 122 Å². The number of nitrogens with one attached hydrogen (secondary N) is 3. The number of anilines is 1. The third-order valence-electron chi connectivity index (χ3n) is 2.51. The number of benzene rings is 1. The van der Waals surface area contributed by atoms with Crippen molar-refractivity contribution < 1.29 is 19.5 Å². The smallest absolute Gasteiger partial charge is 0.319 e. The summed E-state index contributed by atoms with van der Waals surface area (Å²) >= 11 is 0. The van der Waals surface area contributed by atoms with Gasteiger partial charge in [0.15, 0.2) is 0 Å². The summed E-state index contributed by atoms with van der Waals surface area (Å²) in [4.78, 5) is 33.8. The molecule has 0 bridgehead atoms. The van der Waals surface area contributed by atoms with Crippen molar-refractivity contribution in [3.63, 3.8) is 0 Å². The number of carbonyl (C=O) groups is 3. The summed E-state index contributed by atoms with van der Waals surface area (Å²) in [6.45, 7) is 2.97. The molecule has 4 N–H and O–H groups in total. The number of urea groups is 1. The lowest BCUT2D eigenvalue weighted by molar-refractivity contribution is -0.138. The van der Waals surface area contributed by atoms with Gasteiger partial charge in [-0.3, -0.25) is 9.59 Å². The van der Waals surface area contributed by atoms with E-state index in [-0.39, 0.29) is 13.0 Å². The fourth-order valence-corrected chi connectivity index (χ4v) is 1.70. The zero-order chi connectivity index (χ0) is 15.9. The summed E-state index contributed by atoms with van der Waals surface area (Å²) in [6, 6.07) is 8.30. The lowest BCUT2D eigenvalue weighted by Gasteiger charge is -2.24. The highest BCUT2D eigenvalue weighted by Gasteiger charge is 2.23. The van der Waals surface area contributed by atoms with E-state index >= 15 is 0 Å². The molecule has 114 valence electrons. The van der Waals surface area contributed by atoms with Crippen LogP contribution in [0.5, 0.6) is 0 Å². The highest BCUT2D eigenvalue weighted by molar-refractivity contribution is 5.92. The Morgan fingerprint density at radius 1 is 1.14 bits per heavy atom. The monoisotopic (exact) mass is 293 g/mol. The standard InChI is InChI=1S/C14H19N3O4/c1-14(2,8-12(19)20)17-11(18)9-15-13(21)16-10-6-4-3-5-7-10/h3-7H,8-9H2,1-2H3,(H,17,18)(H,19,20)(H2,15,16,21). The van der Waals surface area contributed by atoms with E-state index in [9.17, 15) is 14.4 Å². The third kappa shape index (κ3) is 6.95. The maximum Gasteiger partial charge on any atom is 0.319 e. The Hall–Kier alpha value is -2.57. The lowest BCUT2D eigenvalue weighted by atomic mass is 10.0. The van der Waals surface area contributed by atoms with Gasteiger partial charge in [-0.1, -0.05) is 18.2 Å². The second kappa shape index (κ2) is 7.28. The Morgan fingerprint density at radius 2 is 1.76 bits per heavy atom. The molecule has 0 aromatic heterocycles. The molecule has 0 saturated carbocycles. The van der Waals surface area contributed by atoms with E-state index < -0.39 is 23.4 Å². The normalized spacial score (nSPS) is 10.6. The Balaban J connectivity index is 2.36. The molecular formula is C14H19N3O4. The molecule has 0 aliphatic rings. The number of carboxylic acid groups (broad SMARTS) is 1. The number of hydrogen-bond donors (Lipinski definition) is 4. The van der Waals surface area contributed by atoms with Crippen LogP contribution in [0.3, 0.4) is 0 Å². The molecule has 0 unspecified atom stereocenters. The van der Waals surface area contributed by atoms with Crippen molar-refractivity contribution in [1.82, 2.24) is 10.6 Å². The molecule has 7 nitrogen and oxygen atoms in total. The number of para-hydroxylation sites is 1. The van der Waals surface area contributed by atoms with Crippen molar-refractivity contribution >= 4 is 23.6 Å². The van der Waals surface area contributed by atoms with Crippen LogP contribution in [-0.2, 0) is 9.59 Å². The average molecular weight is 293 g/mol. The topological polar surface area (TPSA) is 108 Å². The van der Waals surface area contributed by atoms with Gasteiger partial charge in [0.05, 0.1) is 13.0 Å². The Morgan fingerprint density at radius 3 is 2.33 bits per heavy atom. The SMILES string of the molecule is CC(C)(CC(=O)O)NC(=O)CNC(=O)Nc1ccccc1. The molecular weight excluding hydrogens is 274 g/mol. The first-order chi connectivity index (χ1) is 9.78. The van der Waals surface area contributed by atoms with Gasteiger partial charge in [-0.25, -0.2) is 4.79 Å². The van der Waals surface area contributed by atoms with Crippen LogP contribution in [-0.4, -0.2) is 35.1 Å². The first kappa shape index (κ1) is 16.5. The van der Waals surface area contributed by atoms with E-state index in [0.717, 1.165) is 0 Å². The van der Waals surface area contributed by atoms with E-state index in [0.29, 0.717) is 5.69 Å². The molecule has 0 aliphatic carbocycles. The molecule has 3 amide bonds. The van der Waals surface area contributed by atoms with Gasteiger partial charge in [0.2, 0.25) is 5.91 Å². The summed E-state index contributed by atoms with van der Waals surface area (Å²) in [5.41, 5.74) is -0.262. The van der Waals surface area contributed by atoms with Gasteiger partial charge in [0, 0.05) is 11.2 Å². The zero-order valence-electron chi connectivity index (χ0n) is 12.0. The number of aliphatic carboxylic acids is 1. The molecule has 1 rings (SSSR count). The van der Waals surface area contributed by atoms with Gasteiger partial charge in [0.1, 0.15) is 0 Å². The molecule has 0 aliphatic heterocycles. The maximum absolute atomic E-state index is 11.7. The van der Waals surface area contributed by atoms with E-state index in [4.69, 9.17) is 5.11 Å². The minimum absolute atomic E-state index is 0.199. The summed E-state index contributed by atoms with van der Waals surface area (Å²) < 4.78 is 0. The van der Waals surface area contributed by atoms with Crippen LogP contribution in [0.15, 0.2) is 30.3 Å². The van der Waals surface area contributed by atoms with Crippen molar-refractivity contribution in [3.05, 3.63) is 30.3 Å². The number of carboxylic acids is 1. The van der Waals surface area contributed by atoms with Crippen molar-refractivity contribution in [2.75, 3.05) is 11.9 Å². The van der Waals surface area contributed by atoms with Crippen molar-refractivity contribution in [2.45, 2.75) is 25.8 Å². The molecule has 1 aromatic carbocycles. The third-order valence-corrected chi connectivity index (χ3v) is 2.51. The molecule has 0 spiro atoms. The minimum atomic E-state index is -1.00. The summed E-state index contributed by atoms with van der Waals surface area (Å²) in [5, 5.41) is 16.2. The number of hydrogen-bond acceptors (Lipinski definition) is 3. The second-order valence-electron chi connectivity index (χ2n) is 5.18. The summed E-state index contributed by atoms with van der Waals surface area (Å²) in [6.07, 6.45) is -0.199. The molecule has 0 heterocycles. The largest absolute Gasteiger partial charge is 0.481 e. The highest BCUT2D eigenvalue weighted by atomic mass is 16.4. The van der Waals surface area contributed by atoms with Crippen LogP contribution in [0, 0.1) is 0 Å². The predicted octanol–water partition coefficient (Wildman–Crippen LogP) is 1.18. The molecule has 7 heteroatoms. The van der Waals surface area contributed by atoms with E-state index in [2.05, 4.69) is 16.0 Å². The summed E-state index contributed by atoms with van der Waals surface area (Å²) in [5.74, 6) is -1.46. The van der Waals surface area contributed by atoms with E-state index in [1.807, 2.05) is 6.07 Å². The van der Waals surface area contributed by atoms with Gasteiger partial charge >= 0.3 is 12.0 Å². The highest BCUT2D eigenvalue weighted by Crippen LogP contribution is 2.07. The van der Waals surface area contributed by atoms with Crippen molar-refractivity contribution in [3.8, 4) is 0 Å². The van der Waals surface area contributed by atoms with E-state index in [1.54, 1.807) is 38.1 Å². The second-order valence-corrected chi connectivity index (χ2v) is 5.18. The van der Waals surface area contributed by atoms with Crippen LogP contribution >= 0.6 is 0 Å². The molecule has 0 atom stereocenters. The average Bonchev–Trinajstić information content (AvgIpc) is 2.35. The fourth-order valence-electron chi connectivity index (χ4n) is 1.70. The first-order valence-electron chi connectivity index (χ1n) is 6.41. The van der Waals surface area contributed by atoms with Gasteiger partial charge in [-0.2, -0.15) is 0 Å².